The van der Waals surface area contributed by atoms with Crippen LogP contribution in [0.1, 0.15) is 11.1 Å². The van der Waals surface area contributed by atoms with Gasteiger partial charge in [-0.25, -0.2) is 0 Å². The van der Waals surface area contributed by atoms with E-state index in [-0.39, 0.29) is 17.7 Å². The Morgan fingerprint density at radius 3 is 2.26 bits per heavy atom. The van der Waals surface area contributed by atoms with Gasteiger partial charge in [-0.15, -0.1) is 11.8 Å². The number of aromatic nitrogens is 1. The van der Waals surface area contributed by atoms with Gasteiger partial charge in [0.05, 0.1) is 12.2 Å². The highest BCUT2D eigenvalue weighted by Gasteiger charge is 2.18. The van der Waals surface area contributed by atoms with Crippen LogP contribution >= 0.6 is 46.6 Å². The second-order valence-corrected chi connectivity index (χ2v) is 7.78. The molecular formula is C20H13Cl3N2OS. The maximum atomic E-state index is 13.1. The van der Waals surface area contributed by atoms with E-state index in [2.05, 4.69) is 0 Å². The van der Waals surface area contributed by atoms with E-state index in [1.54, 1.807) is 30.3 Å². The van der Waals surface area contributed by atoms with Gasteiger partial charge >= 0.3 is 0 Å². The maximum Gasteiger partial charge on any atom is 0.270 e. The highest BCUT2D eigenvalue weighted by atomic mass is 35.5. The number of hydrogen-bond donors (Lipinski definition) is 0. The predicted octanol–water partition coefficient (Wildman–Crippen LogP) is 6.12. The number of nitrogens with zero attached hydrogens (tertiary/aromatic N) is 2. The smallest absolute Gasteiger partial charge is 0.270 e. The topological polar surface area (TPSA) is 45.8 Å². The third kappa shape index (κ3) is 4.02. The Bertz CT molecular complexity index is 1080. The Balaban J connectivity index is 2.29. The van der Waals surface area contributed by atoms with Crippen LogP contribution in [0.2, 0.25) is 15.1 Å². The first-order valence-corrected chi connectivity index (χ1v) is 10.2. The minimum absolute atomic E-state index is 0.100. The van der Waals surface area contributed by atoms with Crippen molar-refractivity contribution in [2.24, 2.45) is 0 Å². The molecule has 0 N–H and O–H groups in total. The number of hydrogen-bond acceptors (Lipinski definition) is 3. The summed E-state index contributed by atoms with van der Waals surface area (Å²) in [6.45, 7) is 0.151. The van der Waals surface area contributed by atoms with E-state index in [1.165, 1.54) is 16.3 Å². The van der Waals surface area contributed by atoms with Crippen LogP contribution in [-0.4, -0.2) is 10.8 Å². The van der Waals surface area contributed by atoms with E-state index < -0.39 is 0 Å². The third-order valence-electron chi connectivity index (χ3n) is 4.11. The van der Waals surface area contributed by atoms with Gasteiger partial charge in [0.1, 0.15) is 11.6 Å². The van der Waals surface area contributed by atoms with Gasteiger partial charge in [-0.05, 0) is 42.2 Å². The second kappa shape index (κ2) is 8.41. The molecule has 0 aliphatic carbocycles. The van der Waals surface area contributed by atoms with Crippen molar-refractivity contribution in [1.29, 1.82) is 5.26 Å². The van der Waals surface area contributed by atoms with Crippen molar-refractivity contribution in [1.82, 2.24) is 4.57 Å². The molecule has 136 valence electrons. The lowest BCUT2D eigenvalue weighted by atomic mass is 10.1. The van der Waals surface area contributed by atoms with Crippen LogP contribution in [0.25, 0.3) is 11.3 Å². The molecule has 0 saturated carbocycles. The summed E-state index contributed by atoms with van der Waals surface area (Å²) in [7, 11) is 0. The number of thioether (sulfide) groups is 1. The van der Waals surface area contributed by atoms with E-state index in [0.29, 0.717) is 31.2 Å². The number of pyridine rings is 1. The van der Waals surface area contributed by atoms with E-state index in [0.717, 1.165) is 5.56 Å². The molecule has 1 heterocycles. The zero-order valence-electron chi connectivity index (χ0n) is 14.2. The fourth-order valence-electron chi connectivity index (χ4n) is 2.75. The number of benzene rings is 2. The van der Waals surface area contributed by atoms with Crippen LogP contribution in [0.4, 0.5) is 0 Å². The third-order valence-corrected chi connectivity index (χ3v) is 5.84. The standard InChI is InChI=1S/C20H13Cl3N2OS/c1-27-19-9-18(12-5-7-13(21)8-6-12)25(20(26)14(19)10-24)11-15-16(22)3-2-4-17(15)23/h2-9H,11H2,1H3. The first-order chi connectivity index (χ1) is 13.0. The van der Waals surface area contributed by atoms with Crippen molar-refractivity contribution in [3.05, 3.63) is 85.1 Å². The molecule has 0 radical (unpaired) electrons. The molecule has 0 saturated heterocycles. The maximum absolute atomic E-state index is 13.1. The molecule has 0 atom stereocenters. The lowest BCUT2D eigenvalue weighted by Crippen LogP contribution is -2.26. The molecule has 0 aliphatic heterocycles. The normalized spacial score (nSPS) is 10.6. The van der Waals surface area contributed by atoms with Crippen molar-refractivity contribution in [3.8, 4) is 17.3 Å². The van der Waals surface area contributed by atoms with Crippen molar-refractivity contribution >= 4 is 46.6 Å². The molecule has 0 spiro atoms. The van der Waals surface area contributed by atoms with Gasteiger partial charge in [0.2, 0.25) is 0 Å². The SMILES string of the molecule is CSc1cc(-c2ccc(Cl)cc2)n(Cc2c(Cl)cccc2Cl)c(=O)c1C#N. The van der Waals surface area contributed by atoms with Crippen molar-refractivity contribution in [2.75, 3.05) is 6.26 Å². The summed E-state index contributed by atoms with van der Waals surface area (Å²) in [6, 6.07) is 16.2. The molecule has 27 heavy (non-hydrogen) atoms. The minimum atomic E-state index is -0.384. The second-order valence-electron chi connectivity index (χ2n) is 5.68. The summed E-state index contributed by atoms with van der Waals surface area (Å²) in [5.74, 6) is 0. The molecule has 0 fully saturated rings. The van der Waals surface area contributed by atoms with Gasteiger partial charge in [-0.1, -0.05) is 53.0 Å². The van der Waals surface area contributed by atoms with Crippen LogP contribution < -0.4 is 5.56 Å². The summed E-state index contributed by atoms with van der Waals surface area (Å²) in [4.78, 5) is 13.7. The van der Waals surface area contributed by atoms with Crippen molar-refractivity contribution < 1.29 is 0 Å². The van der Waals surface area contributed by atoms with Gasteiger partial charge in [0, 0.05) is 25.5 Å². The number of nitriles is 1. The molecule has 1 aromatic heterocycles. The molecule has 3 rings (SSSR count). The molecule has 3 aromatic rings. The summed E-state index contributed by atoms with van der Waals surface area (Å²) in [5, 5.41) is 11.0. The molecule has 3 nitrogen and oxygen atoms in total. The Kier molecular flexibility index (Phi) is 6.18. The van der Waals surface area contributed by atoms with Gasteiger partial charge in [0.15, 0.2) is 0 Å². The summed E-state index contributed by atoms with van der Waals surface area (Å²) in [6.07, 6.45) is 1.83. The summed E-state index contributed by atoms with van der Waals surface area (Å²) >= 11 is 19.9. The number of halogens is 3. The molecule has 0 aliphatic rings. The van der Waals surface area contributed by atoms with Crippen LogP contribution in [0.3, 0.4) is 0 Å². The highest BCUT2D eigenvalue weighted by Crippen LogP contribution is 2.30. The van der Waals surface area contributed by atoms with Gasteiger partial charge < -0.3 is 4.57 Å². The summed E-state index contributed by atoms with van der Waals surface area (Å²) in [5.41, 5.74) is 1.81. The Morgan fingerprint density at radius 2 is 1.70 bits per heavy atom. The predicted molar refractivity (Wildman–Crippen MR) is 113 cm³/mol. The largest absolute Gasteiger partial charge is 0.303 e. The fraction of sp³-hybridized carbons (Fsp3) is 0.100. The average Bonchev–Trinajstić information content (AvgIpc) is 2.66. The van der Waals surface area contributed by atoms with Crippen LogP contribution in [0.5, 0.6) is 0 Å². The van der Waals surface area contributed by atoms with Crippen LogP contribution in [0, 0.1) is 11.3 Å². The van der Waals surface area contributed by atoms with E-state index in [4.69, 9.17) is 34.8 Å². The molecule has 0 unspecified atom stereocenters. The average molecular weight is 436 g/mol. The van der Waals surface area contributed by atoms with Gasteiger partial charge in [-0.2, -0.15) is 5.26 Å². The quantitative estimate of drug-likeness (QED) is 0.464. The Labute approximate surface area is 176 Å². The Morgan fingerprint density at radius 1 is 1.07 bits per heavy atom. The fourth-order valence-corrected chi connectivity index (χ4v) is 3.96. The van der Waals surface area contributed by atoms with Crippen molar-refractivity contribution in [3.63, 3.8) is 0 Å². The van der Waals surface area contributed by atoms with E-state index in [9.17, 15) is 10.1 Å². The van der Waals surface area contributed by atoms with Gasteiger partial charge in [-0.3, -0.25) is 4.79 Å². The van der Waals surface area contributed by atoms with Crippen molar-refractivity contribution in [2.45, 2.75) is 11.4 Å². The summed E-state index contributed by atoms with van der Waals surface area (Å²) < 4.78 is 1.52. The zero-order valence-corrected chi connectivity index (χ0v) is 17.3. The first-order valence-electron chi connectivity index (χ1n) is 7.87. The van der Waals surface area contributed by atoms with Crippen LogP contribution in [-0.2, 0) is 6.54 Å². The molecule has 0 bridgehead atoms. The lowest BCUT2D eigenvalue weighted by molar-refractivity contribution is 0.759. The Hall–Kier alpha value is -1.90. The molecule has 7 heteroatoms. The van der Waals surface area contributed by atoms with Crippen LogP contribution in [0.15, 0.2) is 58.2 Å². The molecular weight excluding hydrogens is 423 g/mol. The highest BCUT2D eigenvalue weighted by molar-refractivity contribution is 7.98. The van der Waals surface area contributed by atoms with E-state index >= 15 is 0 Å². The van der Waals surface area contributed by atoms with E-state index in [1.807, 2.05) is 30.5 Å². The molecule has 0 amide bonds. The molecule has 2 aromatic carbocycles. The monoisotopic (exact) mass is 434 g/mol. The lowest BCUT2D eigenvalue weighted by Gasteiger charge is -2.17. The van der Waals surface area contributed by atoms with Gasteiger partial charge in [0.25, 0.3) is 5.56 Å². The number of rotatable bonds is 4. The first kappa shape index (κ1) is 19.9. The minimum Gasteiger partial charge on any atom is -0.303 e. The zero-order chi connectivity index (χ0) is 19.6.